The fourth-order valence-electron chi connectivity index (χ4n) is 2.50. The molecular formula is C15H6N2O5. The normalized spacial score (nSPS) is 12.2. The van der Waals surface area contributed by atoms with Crippen LogP contribution in [0.3, 0.4) is 0 Å². The molecule has 0 amide bonds. The lowest BCUT2D eigenvalue weighted by Gasteiger charge is -2.18. The third-order valence-electron chi connectivity index (χ3n) is 3.39. The maximum Gasteiger partial charge on any atom is 0.281 e. The van der Waals surface area contributed by atoms with Crippen molar-refractivity contribution in [1.29, 1.82) is 0 Å². The molecule has 0 atom stereocenters. The summed E-state index contributed by atoms with van der Waals surface area (Å²) in [6.45, 7) is 0. The van der Waals surface area contributed by atoms with Crippen LogP contribution < -0.4 is 0 Å². The average molecular weight is 294 g/mol. The smallest absolute Gasteiger partial charge is 0.281 e. The van der Waals surface area contributed by atoms with Gasteiger partial charge in [-0.05, 0) is 12.1 Å². The van der Waals surface area contributed by atoms with Gasteiger partial charge in [0.25, 0.3) is 5.69 Å². The largest absolute Gasteiger partial charge is 0.289 e. The van der Waals surface area contributed by atoms with E-state index in [9.17, 15) is 24.5 Å². The highest BCUT2D eigenvalue weighted by atomic mass is 16.6. The van der Waals surface area contributed by atoms with Crippen molar-refractivity contribution in [3.8, 4) is 0 Å². The van der Waals surface area contributed by atoms with Crippen LogP contribution in [0.4, 0.5) is 11.4 Å². The van der Waals surface area contributed by atoms with Crippen LogP contribution in [0.25, 0.3) is 0 Å². The Kier molecular flexibility index (Phi) is 2.98. The van der Waals surface area contributed by atoms with Gasteiger partial charge in [-0.1, -0.05) is 18.2 Å². The van der Waals surface area contributed by atoms with E-state index in [2.05, 4.69) is 4.99 Å². The number of aliphatic imine (C=N–C) groups is 1. The maximum atomic E-state index is 12.6. The Morgan fingerprint density at radius 1 is 0.955 bits per heavy atom. The molecule has 0 bridgehead atoms. The molecule has 0 saturated heterocycles. The first kappa shape index (κ1) is 13.5. The predicted molar refractivity (Wildman–Crippen MR) is 74.2 cm³/mol. The van der Waals surface area contributed by atoms with Gasteiger partial charge in [0, 0.05) is 17.2 Å². The highest BCUT2D eigenvalue weighted by molar-refractivity contribution is 6.31. The van der Waals surface area contributed by atoms with Crippen molar-refractivity contribution in [1.82, 2.24) is 0 Å². The number of hydrogen-bond acceptors (Lipinski definition) is 6. The quantitative estimate of drug-likeness (QED) is 0.312. The van der Waals surface area contributed by atoms with Crippen LogP contribution in [0.2, 0.25) is 0 Å². The average Bonchev–Trinajstić information content (AvgIpc) is 2.52. The van der Waals surface area contributed by atoms with Crippen LogP contribution in [0.15, 0.2) is 41.4 Å². The van der Waals surface area contributed by atoms with E-state index in [0.29, 0.717) is 0 Å². The third-order valence-corrected chi connectivity index (χ3v) is 3.39. The fraction of sp³-hybridized carbons (Fsp3) is 0. The van der Waals surface area contributed by atoms with Gasteiger partial charge in [0.15, 0.2) is 5.78 Å². The highest BCUT2D eigenvalue weighted by Gasteiger charge is 2.36. The van der Waals surface area contributed by atoms with E-state index in [0.717, 1.165) is 6.07 Å². The first-order valence-corrected chi connectivity index (χ1v) is 6.14. The second-order valence-corrected chi connectivity index (χ2v) is 4.52. The van der Waals surface area contributed by atoms with Gasteiger partial charge in [-0.25, -0.2) is 4.79 Å². The molecule has 7 heteroatoms. The number of rotatable bonds is 2. The summed E-state index contributed by atoms with van der Waals surface area (Å²) >= 11 is 0. The molecule has 0 heterocycles. The summed E-state index contributed by atoms with van der Waals surface area (Å²) in [4.78, 5) is 49.4. The van der Waals surface area contributed by atoms with E-state index in [-0.39, 0.29) is 27.9 Å². The van der Waals surface area contributed by atoms with Crippen molar-refractivity contribution in [2.24, 2.45) is 4.99 Å². The molecule has 0 radical (unpaired) electrons. The number of nitrogens with zero attached hydrogens (tertiary/aromatic N) is 2. The van der Waals surface area contributed by atoms with Crippen molar-refractivity contribution in [3.05, 3.63) is 68.8 Å². The van der Waals surface area contributed by atoms with E-state index in [4.69, 9.17) is 0 Å². The molecule has 1 aliphatic carbocycles. The van der Waals surface area contributed by atoms with Crippen molar-refractivity contribution in [2.75, 3.05) is 0 Å². The van der Waals surface area contributed by atoms with Crippen molar-refractivity contribution in [2.45, 2.75) is 0 Å². The number of benzene rings is 2. The molecule has 2 aromatic rings. The van der Waals surface area contributed by atoms with Crippen molar-refractivity contribution < 1.29 is 19.3 Å². The Bertz CT molecular complexity index is 853. The summed E-state index contributed by atoms with van der Waals surface area (Å²) in [7, 11) is 0. The minimum atomic E-state index is -0.722. The lowest BCUT2D eigenvalue weighted by molar-refractivity contribution is -0.385. The summed E-state index contributed by atoms with van der Waals surface area (Å²) in [5.74, 6) is -1.22. The molecule has 0 aromatic heterocycles. The minimum absolute atomic E-state index is 0.0288. The molecule has 2 aromatic carbocycles. The van der Waals surface area contributed by atoms with Crippen molar-refractivity contribution >= 4 is 29.0 Å². The Hall–Kier alpha value is -3.44. The number of carbonyl (C=O) groups is 2. The van der Waals surface area contributed by atoms with E-state index >= 15 is 0 Å². The SMILES string of the molecule is O=C=Nc1cccc2c1C(=O)c1c(cccc1[N+](=O)[O-])C2=O. The predicted octanol–water partition coefficient (Wildman–Crippen LogP) is 2.34. The standard InChI is InChI=1S/C15H6N2O5/c18-7-16-10-5-1-3-8-12(10)15(20)13-9(14(8)19)4-2-6-11(13)17(21)22/h1-6H. The van der Waals surface area contributed by atoms with Gasteiger partial charge in [-0.3, -0.25) is 19.7 Å². The molecule has 3 rings (SSSR count). The first-order chi connectivity index (χ1) is 10.6. The second-order valence-electron chi connectivity index (χ2n) is 4.52. The Morgan fingerprint density at radius 3 is 2.23 bits per heavy atom. The molecule has 0 saturated carbocycles. The Labute approximate surface area is 123 Å². The molecule has 0 N–H and O–H groups in total. The van der Waals surface area contributed by atoms with Gasteiger partial charge in [-0.2, -0.15) is 4.99 Å². The molecule has 7 nitrogen and oxygen atoms in total. The molecule has 1 aliphatic rings. The molecular weight excluding hydrogens is 288 g/mol. The number of nitro benzene ring substituents is 1. The summed E-state index contributed by atoms with van der Waals surface area (Å²) < 4.78 is 0. The molecule has 22 heavy (non-hydrogen) atoms. The van der Waals surface area contributed by atoms with Gasteiger partial charge in [0.2, 0.25) is 11.9 Å². The van der Waals surface area contributed by atoms with Crippen molar-refractivity contribution in [3.63, 3.8) is 0 Å². The summed E-state index contributed by atoms with van der Waals surface area (Å²) in [6.07, 6.45) is 1.31. The first-order valence-electron chi connectivity index (χ1n) is 6.14. The highest BCUT2D eigenvalue weighted by Crippen LogP contribution is 2.36. The van der Waals surface area contributed by atoms with E-state index in [1.165, 1.54) is 36.4 Å². The zero-order valence-corrected chi connectivity index (χ0v) is 10.9. The van der Waals surface area contributed by atoms with Gasteiger partial charge < -0.3 is 0 Å². The Balaban J connectivity index is 2.39. The van der Waals surface area contributed by atoms with Crippen LogP contribution in [-0.2, 0) is 4.79 Å². The Morgan fingerprint density at radius 2 is 1.59 bits per heavy atom. The van der Waals surface area contributed by atoms with Crippen LogP contribution in [0, 0.1) is 10.1 Å². The molecule has 0 fully saturated rings. The minimum Gasteiger partial charge on any atom is -0.289 e. The number of fused-ring (bicyclic) bond motifs is 2. The fourth-order valence-corrected chi connectivity index (χ4v) is 2.50. The molecule has 0 aliphatic heterocycles. The van der Waals surface area contributed by atoms with Crippen LogP contribution in [-0.4, -0.2) is 22.6 Å². The van der Waals surface area contributed by atoms with Gasteiger partial charge >= 0.3 is 0 Å². The van der Waals surface area contributed by atoms with Crippen LogP contribution in [0.1, 0.15) is 31.8 Å². The zero-order valence-electron chi connectivity index (χ0n) is 10.9. The summed E-state index contributed by atoms with van der Waals surface area (Å²) in [6, 6.07) is 8.13. The van der Waals surface area contributed by atoms with Crippen LogP contribution in [0.5, 0.6) is 0 Å². The lowest BCUT2D eigenvalue weighted by Crippen LogP contribution is -2.22. The maximum absolute atomic E-state index is 12.6. The number of hydrogen-bond donors (Lipinski definition) is 0. The monoisotopic (exact) mass is 294 g/mol. The molecule has 0 spiro atoms. The summed E-state index contributed by atoms with van der Waals surface area (Å²) in [5, 5.41) is 11.1. The topological polar surface area (TPSA) is 107 Å². The number of nitro groups is 1. The number of ketones is 2. The molecule has 106 valence electrons. The van der Waals surface area contributed by atoms with E-state index in [1.54, 1.807) is 0 Å². The van der Waals surface area contributed by atoms with Crippen LogP contribution >= 0.6 is 0 Å². The second kappa shape index (κ2) is 4.83. The molecule has 0 unspecified atom stereocenters. The van der Waals surface area contributed by atoms with E-state index in [1.807, 2.05) is 0 Å². The van der Waals surface area contributed by atoms with Gasteiger partial charge in [0.05, 0.1) is 16.2 Å². The number of isocyanates is 1. The summed E-state index contributed by atoms with van der Waals surface area (Å²) in [5.41, 5.74) is -0.842. The lowest BCUT2D eigenvalue weighted by atomic mass is 9.82. The third kappa shape index (κ3) is 1.77. The number of carbonyl (C=O) groups excluding carboxylic acids is 3. The van der Waals surface area contributed by atoms with Gasteiger partial charge in [0.1, 0.15) is 5.56 Å². The van der Waals surface area contributed by atoms with E-state index < -0.39 is 22.2 Å². The zero-order chi connectivity index (χ0) is 15.9. The van der Waals surface area contributed by atoms with Gasteiger partial charge in [-0.15, -0.1) is 0 Å².